The highest BCUT2D eigenvalue weighted by molar-refractivity contribution is 5.90. The highest BCUT2D eigenvalue weighted by Gasteiger charge is 2.28. The van der Waals surface area contributed by atoms with E-state index in [-0.39, 0.29) is 12.0 Å². The van der Waals surface area contributed by atoms with Crippen molar-refractivity contribution in [2.75, 3.05) is 19.7 Å². The zero-order valence-electron chi connectivity index (χ0n) is 14.0. The fourth-order valence-electron chi connectivity index (χ4n) is 3.20. The molecule has 1 aromatic heterocycles. The first kappa shape index (κ1) is 15.8. The molecule has 1 amide bonds. The maximum atomic E-state index is 12.8. The van der Waals surface area contributed by atoms with E-state index in [0.29, 0.717) is 37.8 Å². The van der Waals surface area contributed by atoms with Gasteiger partial charge < -0.3 is 14.2 Å². The Morgan fingerprint density at radius 3 is 2.92 bits per heavy atom. The lowest BCUT2D eigenvalue weighted by Crippen LogP contribution is -2.43. The summed E-state index contributed by atoms with van der Waals surface area (Å²) in [6.45, 7) is 3.24. The number of ether oxygens (including phenoxy) is 1. The molecule has 6 nitrogen and oxygen atoms in total. The van der Waals surface area contributed by atoms with Gasteiger partial charge in [0.15, 0.2) is 0 Å². The molecule has 4 rings (SSSR count). The molecule has 0 aliphatic carbocycles. The van der Waals surface area contributed by atoms with Gasteiger partial charge in [0, 0.05) is 13.5 Å². The molecule has 2 heterocycles. The minimum atomic E-state index is -0.331. The minimum Gasteiger partial charge on any atom is -0.366 e. The van der Waals surface area contributed by atoms with Crippen LogP contribution in [0.5, 0.6) is 0 Å². The van der Waals surface area contributed by atoms with Crippen molar-refractivity contribution in [3.63, 3.8) is 0 Å². The maximum Gasteiger partial charge on any atom is 0.227 e. The summed E-state index contributed by atoms with van der Waals surface area (Å²) in [4.78, 5) is 18.8. The second-order valence-corrected chi connectivity index (χ2v) is 6.19. The summed E-state index contributed by atoms with van der Waals surface area (Å²) in [6.07, 6.45) is 0.0435. The molecule has 6 heteroatoms. The van der Waals surface area contributed by atoms with Crippen LogP contribution in [-0.2, 0) is 16.0 Å². The molecule has 2 aromatic carbocycles. The van der Waals surface area contributed by atoms with E-state index in [1.807, 2.05) is 29.2 Å². The highest BCUT2D eigenvalue weighted by Crippen LogP contribution is 2.22. The molecule has 0 unspecified atom stereocenters. The molecule has 0 saturated carbocycles. The van der Waals surface area contributed by atoms with E-state index in [0.717, 1.165) is 16.3 Å². The summed E-state index contributed by atoms with van der Waals surface area (Å²) >= 11 is 0. The van der Waals surface area contributed by atoms with Crippen molar-refractivity contribution in [2.24, 2.45) is 0 Å². The predicted molar refractivity (Wildman–Crippen MR) is 92.0 cm³/mol. The number of morpholine rings is 1. The van der Waals surface area contributed by atoms with Gasteiger partial charge in [-0.05, 0) is 16.3 Å². The molecule has 0 bridgehead atoms. The Bertz CT molecular complexity index is 900. The topological polar surface area (TPSA) is 68.5 Å². The number of carbonyl (C=O) groups excluding carboxylic acids is 1. The number of amides is 1. The molecule has 25 heavy (non-hydrogen) atoms. The molecule has 1 saturated heterocycles. The number of benzene rings is 2. The highest BCUT2D eigenvalue weighted by atomic mass is 16.5. The third-order valence-electron chi connectivity index (χ3n) is 4.47. The minimum absolute atomic E-state index is 0.0878. The van der Waals surface area contributed by atoms with E-state index in [1.165, 1.54) is 0 Å². The van der Waals surface area contributed by atoms with E-state index >= 15 is 0 Å². The Morgan fingerprint density at radius 1 is 1.24 bits per heavy atom. The van der Waals surface area contributed by atoms with Crippen LogP contribution in [-0.4, -0.2) is 40.6 Å². The number of aromatic nitrogens is 2. The van der Waals surface area contributed by atoms with Gasteiger partial charge >= 0.3 is 0 Å². The SMILES string of the molecule is Cc1nc([C@@H]2CN(C(=O)Cc3cccc4ccccc34)CCO2)no1. The first-order valence-corrected chi connectivity index (χ1v) is 8.37. The molecule has 0 radical (unpaired) electrons. The summed E-state index contributed by atoms with van der Waals surface area (Å²) in [6, 6.07) is 14.2. The van der Waals surface area contributed by atoms with Crippen LogP contribution in [0.4, 0.5) is 0 Å². The van der Waals surface area contributed by atoms with Crippen LogP contribution in [0.25, 0.3) is 10.8 Å². The van der Waals surface area contributed by atoms with Gasteiger partial charge in [0.1, 0.15) is 6.10 Å². The third kappa shape index (κ3) is 3.25. The van der Waals surface area contributed by atoms with Crippen molar-refractivity contribution < 1.29 is 14.1 Å². The van der Waals surface area contributed by atoms with Crippen LogP contribution in [0.1, 0.15) is 23.4 Å². The monoisotopic (exact) mass is 337 g/mol. The maximum absolute atomic E-state index is 12.8. The number of rotatable bonds is 3. The Labute approximate surface area is 145 Å². The first-order chi connectivity index (χ1) is 12.2. The molecule has 0 spiro atoms. The van der Waals surface area contributed by atoms with Gasteiger partial charge in [0.25, 0.3) is 0 Å². The molecule has 1 fully saturated rings. The van der Waals surface area contributed by atoms with Crippen molar-refractivity contribution in [1.82, 2.24) is 15.0 Å². The molecular formula is C19H19N3O3. The Kier molecular flexibility index (Phi) is 4.19. The number of hydrogen-bond acceptors (Lipinski definition) is 5. The normalized spacial score (nSPS) is 17.8. The zero-order valence-corrected chi connectivity index (χ0v) is 14.0. The molecule has 1 aliphatic rings. The van der Waals surface area contributed by atoms with Gasteiger partial charge in [-0.2, -0.15) is 4.98 Å². The quantitative estimate of drug-likeness (QED) is 0.735. The Hall–Kier alpha value is -2.73. The van der Waals surface area contributed by atoms with Crippen molar-refractivity contribution in [3.05, 3.63) is 59.7 Å². The van der Waals surface area contributed by atoms with Gasteiger partial charge in [-0.25, -0.2) is 0 Å². The van der Waals surface area contributed by atoms with Crippen molar-refractivity contribution in [3.8, 4) is 0 Å². The summed E-state index contributed by atoms with van der Waals surface area (Å²) in [7, 11) is 0. The van der Waals surface area contributed by atoms with Crippen LogP contribution < -0.4 is 0 Å². The Morgan fingerprint density at radius 2 is 2.08 bits per heavy atom. The fourth-order valence-corrected chi connectivity index (χ4v) is 3.20. The lowest BCUT2D eigenvalue weighted by molar-refractivity contribution is -0.138. The van der Waals surface area contributed by atoms with Gasteiger partial charge in [-0.1, -0.05) is 47.6 Å². The first-order valence-electron chi connectivity index (χ1n) is 8.37. The summed E-state index contributed by atoms with van der Waals surface area (Å²) in [5, 5.41) is 6.18. The largest absolute Gasteiger partial charge is 0.366 e. The van der Waals surface area contributed by atoms with Crippen LogP contribution in [0.15, 0.2) is 47.0 Å². The van der Waals surface area contributed by atoms with Crippen LogP contribution in [0.2, 0.25) is 0 Å². The molecular weight excluding hydrogens is 318 g/mol. The average Bonchev–Trinajstić information content (AvgIpc) is 3.09. The van der Waals surface area contributed by atoms with Gasteiger partial charge in [-0.15, -0.1) is 0 Å². The van der Waals surface area contributed by atoms with Gasteiger partial charge in [0.2, 0.25) is 17.6 Å². The van der Waals surface area contributed by atoms with Gasteiger partial charge in [-0.3, -0.25) is 4.79 Å². The van der Waals surface area contributed by atoms with Gasteiger partial charge in [0.05, 0.1) is 19.6 Å². The standard InChI is InChI=1S/C19H19N3O3/c1-13-20-19(21-25-13)17-12-22(9-10-24-17)18(23)11-15-7-4-6-14-5-2-3-8-16(14)15/h2-8,17H,9-12H2,1H3/t17-/m0/s1. The van der Waals surface area contributed by atoms with Crippen molar-refractivity contribution >= 4 is 16.7 Å². The summed E-state index contributed by atoms with van der Waals surface area (Å²) in [5.41, 5.74) is 1.04. The van der Waals surface area contributed by atoms with Crippen LogP contribution in [0.3, 0.4) is 0 Å². The number of aryl methyl sites for hydroxylation is 1. The number of hydrogen-bond donors (Lipinski definition) is 0. The number of carbonyl (C=O) groups is 1. The second kappa shape index (κ2) is 6.64. The lowest BCUT2D eigenvalue weighted by atomic mass is 10.0. The number of nitrogens with zero attached hydrogens (tertiary/aromatic N) is 3. The predicted octanol–water partition coefficient (Wildman–Crippen LogP) is 2.67. The smallest absolute Gasteiger partial charge is 0.227 e. The van der Waals surface area contributed by atoms with E-state index < -0.39 is 0 Å². The average molecular weight is 337 g/mol. The summed E-state index contributed by atoms with van der Waals surface area (Å²) in [5.74, 6) is 1.09. The molecule has 0 N–H and O–H groups in total. The molecule has 3 aromatic rings. The van der Waals surface area contributed by atoms with Crippen LogP contribution in [0, 0.1) is 6.92 Å². The third-order valence-corrected chi connectivity index (χ3v) is 4.47. The molecule has 1 aliphatic heterocycles. The Balaban J connectivity index is 1.50. The zero-order chi connectivity index (χ0) is 17.2. The van der Waals surface area contributed by atoms with E-state index in [1.54, 1.807) is 6.92 Å². The summed E-state index contributed by atoms with van der Waals surface area (Å²) < 4.78 is 10.7. The van der Waals surface area contributed by atoms with E-state index in [2.05, 4.69) is 28.3 Å². The second-order valence-electron chi connectivity index (χ2n) is 6.19. The number of fused-ring (bicyclic) bond motifs is 1. The van der Waals surface area contributed by atoms with E-state index in [4.69, 9.17) is 9.26 Å². The van der Waals surface area contributed by atoms with E-state index in [9.17, 15) is 4.79 Å². The molecule has 1 atom stereocenters. The lowest BCUT2D eigenvalue weighted by Gasteiger charge is -2.31. The van der Waals surface area contributed by atoms with Crippen molar-refractivity contribution in [1.29, 1.82) is 0 Å². The van der Waals surface area contributed by atoms with Crippen LogP contribution >= 0.6 is 0 Å². The fraction of sp³-hybridized carbons (Fsp3) is 0.316. The van der Waals surface area contributed by atoms with Crippen molar-refractivity contribution in [2.45, 2.75) is 19.4 Å². The molecule has 128 valence electrons.